The highest BCUT2D eigenvalue weighted by Gasteiger charge is 2.06. The van der Waals surface area contributed by atoms with Gasteiger partial charge in [-0.25, -0.2) is 4.39 Å². The molecular weight excluding hydrogens is 448 g/mol. The number of rotatable bonds is 7. The van der Waals surface area contributed by atoms with E-state index in [1.165, 1.54) is 29.8 Å². The fourth-order valence-corrected chi connectivity index (χ4v) is 2.14. The summed E-state index contributed by atoms with van der Waals surface area (Å²) in [6, 6.07) is 13.5. The van der Waals surface area contributed by atoms with Crippen LogP contribution in [0.25, 0.3) is 0 Å². The first-order chi connectivity index (χ1) is 11.9. The zero-order valence-electron chi connectivity index (χ0n) is 14.9. The van der Waals surface area contributed by atoms with E-state index in [1.807, 2.05) is 18.2 Å². The fourth-order valence-electron chi connectivity index (χ4n) is 2.14. The Bertz CT molecular complexity index is 708. The Balaban J connectivity index is 0.00000338. The number of anilines is 1. The molecule has 1 unspecified atom stereocenters. The molecule has 142 valence electrons. The van der Waals surface area contributed by atoms with Crippen LogP contribution in [0.1, 0.15) is 25.3 Å². The normalized spacial score (nSPS) is 12.4. The van der Waals surface area contributed by atoms with E-state index < -0.39 is 6.10 Å². The summed E-state index contributed by atoms with van der Waals surface area (Å²) in [7, 11) is 0. The van der Waals surface area contributed by atoms with Crippen molar-refractivity contribution in [3.63, 3.8) is 0 Å². The van der Waals surface area contributed by atoms with Gasteiger partial charge in [-0.05, 0) is 47.9 Å². The first kappa shape index (κ1) is 22.2. The summed E-state index contributed by atoms with van der Waals surface area (Å²) in [6.45, 7) is 4.39. The van der Waals surface area contributed by atoms with Crippen LogP contribution in [0.15, 0.2) is 53.5 Å². The van der Waals surface area contributed by atoms with Gasteiger partial charge in [0.2, 0.25) is 0 Å². The third kappa shape index (κ3) is 7.57. The van der Waals surface area contributed by atoms with Gasteiger partial charge in [-0.3, -0.25) is 4.99 Å². The summed E-state index contributed by atoms with van der Waals surface area (Å²) >= 11 is 0. The van der Waals surface area contributed by atoms with Crippen LogP contribution in [-0.2, 0) is 0 Å². The van der Waals surface area contributed by atoms with Gasteiger partial charge >= 0.3 is 0 Å². The number of benzene rings is 2. The maximum Gasteiger partial charge on any atom is 0.193 e. The van der Waals surface area contributed by atoms with E-state index in [0.29, 0.717) is 11.7 Å². The van der Waals surface area contributed by atoms with Crippen molar-refractivity contribution in [2.24, 2.45) is 10.7 Å². The number of aliphatic imine (C=N–C) groups is 1. The zero-order chi connectivity index (χ0) is 18.2. The highest BCUT2D eigenvalue weighted by Crippen LogP contribution is 2.18. The summed E-state index contributed by atoms with van der Waals surface area (Å²) in [4.78, 5) is 4.11. The average Bonchev–Trinajstić information content (AvgIpc) is 2.59. The molecule has 1 atom stereocenters. The number of halogens is 2. The SMILES string of the molecule is CC(C)c1cccc(NC(N)=NCC(O)COc2ccc(F)cc2)c1.I. The Hall–Kier alpha value is -1.87. The Morgan fingerprint density at radius 3 is 2.58 bits per heavy atom. The second-order valence-electron chi connectivity index (χ2n) is 6.05. The van der Waals surface area contributed by atoms with Gasteiger partial charge in [0.05, 0.1) is 6.54 Å². The van der Waals surface area contributed by atoms with Crippen LogP contribution < -0.4 is 15.8 Å². The summed E-state index contributed by atoms with van der Waals surface area (Å²) in [5, 5.41) is 12.9. The fraction of sp³-hybridized carbons (Fsp3) is 0.316. The zero-order valence-corrected chi connectivity index (χ0v) is 17.2. The van der Waals surface area contributed by atoms with Crippen LogP contribution >= 0.6 is 24.0 Å². The van der Waals surface area contributed by atoms with Crippen molar-refractivity contribution in [3.8, 4) is 5.75 Å². The molecule has 0 fully saturated rings. The minimum atomic E-state index is -0.813. The molecule has 0 aliphatic carbocycles. The molecule has 5 nitrogen and oxygen atoms in total. The Labute approximate surface area is 170 Å². The molecule has 0 aliphatic rings. The Morgan fingerprint density at radius 2 is 1.92 bits per heavy atom. The number of guanidine groups is 1. The van der Waals surface area contributed by atoms with Gasteiger partial charge in [0.1, 0.15) is 24.3 Å². The molecule has 26 heavy (non-hydrogen) atoms. The lowest BCUT2D eigenvalue weighted by atomic mass is 10.0. The monoisotopic (exact) mass is 473 g/mol. The molecular formula is C19H25FIN3O2. The van der Waals surface area contributed by atoms with E-state index in [9.17, 15) is 9.50 Å². The maximum absolute atomic E-state index is 12.8. The lowest BCUT2D eigenvalue weighted by Crippen LogP contribution is -2.27. The molecule has 0 amide bonds. The molecule has 0 saturated carbocycles. The number of ether oxygens (including phenoxy) is 1. The first-order valence-electron chi connectivity index (χ1n) is 8.17. The van der Waals surface area contributed by atoms with E-state index in [0.717, 1.165) is 5.69 Å². The van der Waals surface area contributed by atoms with E-state index in [-0.39, 0.29) is 48.9 Å². The molecule has 2 rings (SSSR count). The second-order valence-corrected chi connectivity index (χ2v) is 6.05. The quantitative estimate of drug-likeness (QED) is 0.325. The van der Waals surface area contributed by atoms with Gasteiger partial charge in [0, 0.05) is 5.69 Å². The summed E-state index contributed by atoms with van der Waals surface area (Å²) in [5.74, 6) is 0.797. The largest absolute Gasteiger partial charge is 0.491 e. The minimum Gasteiger partial charge on any atom is -0.491 e. The molecule has 0 spiro atoms. The molecule has 0 saturated heterocycles. The van der Waals surface area contributed by atoms with Crippen LogP contribution in [0, 0.1) is 5.82 Å². The van der Waals surface area contributed by atoms with Crippen molar-refractivity contribution in [1.82, 2.24) is 0 Å². The molecule has 0 aromatic heterocycles. The number of nitrogens with zero attached hydrogens (tertiary/aromatic N) is 1. The van der Waals surface area contributed by atoms with Gasteiger partial charge < -0.3 is 20.9 Å². The summed E-state index contributed by atoms with van der Waals surface area (Å²) in [5.41, 5.74) is 7.90. The molecule has 2 aromatic rings. The minimum absolute atomic E-state index is 0. The van der Waals surface area contributed by atoms with Crippen molar-refractivity contribution in [2.45, 2.75) is 25.9 Å². The van der Waals surface area contributed by atoms with Crippen LogP contribution in [0.5, 0.6) is 5.75 Å². The highest BCUT2D eigenvalue weighted by molar-refractivity contribution is 14.0. The lowest BCUT2D eigenvalue weighted by Gasteiger charge is -2.12. The van der Waals surface area contributed by atoms with Crippen LogP contribution in [0.2, 0.25) is 0 Å². The predicted octanol–water partition coefficient (Wildman–Crippen LogP) is 3.73. The average molecular weight is 473 g/mol. The van der Waals surface area contributed by atoms with Gasteiger partial charge in [-0.2, -0.15) is 0 Å². The van der Waals surface area contributed by atoms with Gasteiger partial charge in [0.15, 0.2) is 5.96 Å². The summed E-state index contributed by atoms with van der Waals surface area (Å²) < 4.78 is 18.2. The van der Waals surface area contributed by atoms with Gasteiger partial charge in [0.25, 0.3) is 0 Å². The lowest BCUT2D eigenvalue weighted by molar-refractivity contribution is 0.114. The maximum atomic E-state index is 12.8. The van der Waals surface area contributed by atoms with Crippen molar-refractivity contribution in [2.75, 3.05) is 18.5 Å². The number of nitrogens with one attached hydrogen (secondary N) is 1. The molecule has 0 heterocycles. The third-order valence-corrected chi connectivity index (χ3v) is 3.55. The smallest absolute Gasteiger partial charge is 0.193 e. The van der Waals surface area contributed by atoms with E-state index >= 15 is 0 Å². The third-order valence-electron chi connectivity index (χ3n) is 3.55. The number of hydrogen-bond donors (Lipinski definition) is 3. The molecule has 7 heteroatoms. The van der Waals surface area contributed by atoms with Gasteiger partial charge in [-0.15, -0.1) is 24.0 Å². The molecule has 0 radical (unpaired) electrons. The van der Waals surface area contributed by atoms with Gasteiger partial charge in [-0.1, -0.05) is 26.0 Å². The van der Waals surface area contributed by atoms with E-state index in [4.69, 9.17) is 10.5 Å². The van der Waals surface area contributed by atoms with Crippen molar-refractivity contribution in [3.05, 3.63) is 59.9 Å². The topological polar surface area (TPSA) is 79.9 Å². The van der Waals surface area contributed by atoms with Crippen molar-refractivity contribution >= 4 is 35.6 Å². The second kappa shape index (κ2) is 11.0. The molecule has 0 bridgehead atoms. The number of aliphatic hydroxyl groups is 1. The molecule has 0 aliphatic heterocycles. The summed E-state index contributed by atoms with van der Waals surface area (Å²) in [6.07, 6.45) is -0.813. The first-order valence-corrected chi connectivity index (χ1v) is 8.17. The Kier molecular flexibility index (Phi) is 9.36. The van der Waals surface area contributed by atoms with E-state index in [2.05, 4.69) is 30.2 Å². The number of nitrogens with two attached hydrogens (primary N) is 1. The van der Waals surface area contributed by atoms with Crippen molar-refractivity contribution in [1.29, 1.82) is 0 Å². The van der Waals surface area contributed by atoms with E-state index in [1.54, 1.807) is 0 Å². The predicted molar refractivity (Wildman–Crippen MR) is 114 cm³/mol. The Morgan fingerprint density at radius 1 is 1.23 bits per heavy atom. The number of aliphatic hydroxyl groups excluding tert-OH is 1. The van der Waals surface area contributed by atoms with Crippen LogP contribution in [0.4, 0.5) is 10.1 Å². The molecule has 4 N–H and O–H groups in total. The number of hydrogen-bond acceptors (Lipinski definition) is 3. The van der Waals surface area contributed by atoms with Crippen molar-refractivity contribution < 1.29 is 14.2 Å². The van der Waals surface area contributed by atoms with Crippen LogP contribution in [0.3, 0.4) is 0 Å². The standard InChI is InChI=1S/C19H24FN3O2.HI/c1-13(2)14-4-3-5-16(10-14)23-19(21)22-11-17(24)12-25-18-8-6-15(20)7-9-18;/h3-10,13,17,24H,11-12H2,1-2H3,(H3,21,22,23);1H. The highest BCUT2D eigenvalue weighted by atomic mass is 127. The molecule has 2 aromatic carbocycles. The van der Waals surface area contributed by atoms with Crippen LogP contribution in [-0.4, -0.2) is 30.3 Å².